The molecule has 0 aliphatic carbocycles. The number of nitrogens with zero attached hydrogens (tertiary/aromatic N) is 1. The predicted octanol–water partition coefficient (Wildman–Crippen LogP) is 3.93. The molecule has 0 atom stereocenters. The number of hydrogen-bond acceptors (Lipinski definition) is 3. The number of carbonyl (C=O) groups is 2. The first-order valence-corrected chi connectivity index (χ1v) is 8.34. The first-order valence-electron chi connectivity index (χ1n) is 7.55. The van der Waals surface area contributed by atoms with E-state index in [-0.39, 0.29) is 12.1 Å². The zero-order valence-electron chi connectivity index (χ0n) is 13.5. The van der Waals surface area contributed by atoms with E-state index in [2.05, 4.69) is 15.9 Å². The van der Waals surface area contributed by atoms with E-state index in [1.807, 2.05) is 0 Å². The van der Waals surface area contributed by atoms with Crippen molar-refractivity contribution in [2.24, 2.45) is 0 Å². The molecule has 0 bridgehead atoms. The van der Waals surface area contributed by atoms with Gasteiger partial charge in [0.2, 0.25) is 0 Å². The van der Waals surface area contributed by atoms with Crippen molar-refractivity contribution in [3.63, 3.8) is 0 Å². The van der Waals surface area contributed by atoms with E-state index in [1.165, 1.54) is 29.2 Å². The lowest BCUT2D eigenvalue weighted by atomic mass is 10.2. The number of likely N-dealkylation sites (N-methyl/N-ethyl adjacent to an activating group) is 1. The topological polar surface area (TPSA) is 46.6 Å². The van der Waals surface area contributed by atoms with Crippen molar-refractivity contribution in [2.45, 2.75) is 13.5 Å². The highest BCUT2D eigenvalue weighted by atomic mass is 79.9. The number of hydrogen-bond donors (Lipinski definition) is 0. The maximum atomic E-state index is 13.6. The predicted molar refractivity (Wildman–Crippen MR) is 91.9 cm³/mol. The maximum absolute atomic E-state index is 13.6. The van der Waals surface area contributed by atoms with Crippen molar-refractivity contribution in [1.29, 1.82) is 0 Å². The molecule has 2 rings (SSSR count). The lowest BCUT2D eigenvalue weighted by molar-refractivity contribution is -0.135. The van der Waals surface area contributed by atoms with Gasteiger partial charge in [-0.3, -0.25) is 4.79 Å². The van der Waals surface area contributed by atoms with Gasteiger partial charge in [-0.15, -0.1) is 0 Å². The zero-order valence-corrected chi connectivity index (χ0v) is 15.1. The molecule has 0 aliphatic rings. The molecule has 0 fully saturated rings. The summed E-state index contributed by atoms with van der Waals surface area (Å²) in [5.74, 6) is -2.49. The molecule has 0 unspecified atom stereocenters. The van der Waals surface area contributed by atoms with Gasteiger partial charge in [-0.2, -0.15) is 0 Å². The number of ether oxygens (including phenoxy) is 1. The van der Waals surface area contributed by atoms with Crippen LogP contribution >= 0.6 is 15.9 Å². The van der Waals surface area contributed by atoms with Crippen molar-refractivity contribution in [3.8, 4) is 0 Å². The van der Waals surface area contributed by atoms with Gasteiger partial charge in [0.05, 0.1) is 5.56 Å². The van der Waals surface area contributed by atoms with Crippen molar-refractivity contribution < 1.29 is 23.1 Å². The van der Waals surface area contributed by atoms with Crippen LogP contribution in [-0.2, 0) is 16.1 Å². The van der Waals surface area contributed by atoms with E-state index in [0.29, 0.717) is 16.6 Å². The molecule has 0 aliphatic heterocycles. The lowest BCUT2D eigenvalue weighted by Crippen LogP contribution is -2.34. The van der Waals surface area contributed by atoms with Crippen LogP contribution in [0.15, 0.2) is 46.9 Å². The minimum Gasteiger partial charge on any atom is -0.452 e. The summed E-state index contributed by atoms with van der Waals surface area (Å²) in [6.45, 7) is 1.79. The quantitative estimate of drug-likeness (QED) is 0.676. The molecule has 25 heavy (non-hydrogen) atoms. The number of rotatable bonds is 6. The summed E-state index contributed by atoms with van der Waals surface area (Å²) in [6.07, 6.45) is 0. The van der Waals surface area contributed by atoms with Gasteiger partial charge in [0.25, 0.3) is 5.91 Å². The first kappa shape index (κ1) is 19.1. The molecule has 0 saturated carbocycles. The summed E-state index contributed by atoms with van der Waals surface area (Å²) in [6, 6.07) is 9.77. The van der Waals surface area contributed by atoms with Gasteiger partial charge >= 0.3 is 5.97 Å². The fraction of sp³-hybridized carbons (Fsp3) is 0.222. The highest BCUT2D eigenvalue weighted by molar-refractivity contribution is 9.10. The van der Waals surface area contributed by atoms with Gasteiger partial charge in [-0.05, 0) is 42.8 Å². The number of carbonyl (C=O) groups excluding carboxylic acids is 2. The van der Waals surface area contributed by atoms with Crippen LogP contribution in [0.5, 0.6) is 0 Å². The third-order valence-electron chi connectivity index (χ3n) is 3.47. The number of halogens is 3. The Hall–Kier alpha value is -2.28. The van der Waals surface area contributed by atoms with Gasteiger partial charge in [0, 0.05) is 17.6 Å². The molecule has 0 spiro atoms. The van der Waals surface area contributed by atoms with Crippen LogP contribution in [0.25, 0.3) is 0 Å². The van der Waals surface area contributed by atoms with Gasteiger partial charge in [-0.25, -0.2) is 13.6 Å². The van der Waals surface area contributed by atoms with E-state index in [9.17, 15) is 18.4 Å². The van der Waals surface area contributed by atoms with Crippen LogP contribution in [-0.4, -0.2) is 29.9 Å². The third kappa shape index (κ3) is 5.35. The fourth-order valence-electron chi connectivity index (χ4n) is 2.18. The third-order valence-corrected chi connectivity index (χ3v) is 3.97. The summed E-state index contributed by atoms with van der Waals surface area (Å²) in [7, 11) is 0. The fourth-order valence-corrected chi connectivity index (χ4v) is 2.54. The SMILES string of the molecule is CCN(Cc1cccc(F)c1)C(=O)COC(=O)c1cc(Br)ccc1F. The van der Waals surface area contributed by atoms with Crippen molar-refractivity contribution in [2.75, 3.05) is 13.2 Å². The molecule has 1 amide bonds. The standard InChI is InChI=1S/C18H16BrF2NO3/c1-2-22(10-12-4-3-5-14(20)8-12)17(23)11-25-18(24)15-9-13(19)6-7-16(15)21/h3-9H,2,10-11H2,1H3. The van der Waals surface area contributed by atoms with Crippen LogP contribution in [0, 0.1) is 11.6 Å². The average molecular weight is 412 g/mol. The van der Waals surface area contributed by atoms with Crippen molar-refractivity contribution >= 4 is 27.8 Å². The highest BCUT2D eigenvalue weighted by Gasteiger charge is 2.18. The van der Waals surface area contributed by atoms with Gasteiger partial charge in [0.1, 0.15) is 11.6 Å². The molecular formula is C18H16BrF2NO3. The van der Waals surface area contributed by atoms with E-state index >= 15 is 0 Å². The van der Waals surface area contributed by atoms with E-state index in [4.69, 9.17) is 4.74 Å². The number of benzene rings is 2. The van der Waals surface area contributed by atoms with Gasteiger partial charge < -0.3 is 9.64 Å². The molecule has 7 heteroatoms. The Balaban J connectivity index is 1.97. The summed E-state index contributed by atoms with van der Waals surface area (Å²) >= 11 is 3.14. The van der Waals surface area contributed by atoms with Gasteiger partial charge in [-0.1, -0.05) is 28.1 Å². The summed E-state index contributed by atoms with van der Waals surface area (Å²) in [5.41, 5.74) is 0.370. The molecule has 0 saturated heterocycles. The van der Waals surface area contributed by atoms with Crippen LogP contribution in [0.1, 0.15) is 22.8 Å². The molecule has 0 N–H and O–H groups in total. The molecule has 132 valence electrons. The molecule has 2 aromatic rings. The van der Waals surface area contributed by atoms with Crippen LogP contribution in [0.4, 0.5) is 8.78 Å². The first-order chi connectivity index (χ1) is 11.9. The second-order valence-corrected chi connectivity index (χ2v) is 6.15. The van der Waals surface area contributed by atoms with Gasteiger partial charge in [0.15, 0.2) is 6.61 Å². The Labute approximate surface area is 152 Å². The Morgan fingerprint density at radius 3 is 2.60 bits per heavy atom. The zero-order chi connectivity index (χ0) is 18.4. The Morgan fingerprint density at radius 1 is 1.16 bits per heavy atom. The average Bonchev–Trinajstić information content (AvgIpc) is 2.59. The minimum atomic E-state index is -0.922. The molecule has 2 aromatic carbocycles. The van der Waals surface area contributed by atoms with E-state index < -0.39 is 30.1 Å². The monoisotopic (exact) mass is 411 g/mol. The molecule has 0 aromatic heterocycles. The second kappa shape index (κ2) is 8.71. The molecular weight excluding hydrogens is 396 g/mol. The summed E-state index contributed by atoms with van der Waals surface area (Å²) < 4.78 is 32.3. The smallest absolute Gasteiger partial charge is 0.341 e. The van der Waals surface area contributed by atoms with Crippen LogP contribution in [0.2, 0.25) is 0 Å². The molecule has 0 radical (unpaired) electrons. The van der Waals surface area contributed by atoms with Crippen LogP contribution < -0.4 is 0 Å². The Bertz CT molecular complexity index is 783. The lowest BCUT2D eigenvalue weighted by Gasteiger charge is -2.21. The minimum absolute atomic E-state index is 0.190. The molecule has 4 nitrogen and oxygen atoms in total. The summed E-state index contributed by atoms with van der Waals surface area (Å²) in [5, 5.41) is 0. The normalized spacial score (nSPS) is 10.4. The Kier molecular flexibility index (Phi) is 6.64. The van der Waals surface area contributed by atoms with E-state index in [0.717, 1.165) is 6.07 Å². The summed E-state index contributed by atoms with van der Waals surface area (Å²) in [4.78, 5) is 25.6. The number of amides is 1. The Morgan fingerprint density at radius 2 is 1.92 bits per heavy atom. The van der Waals surface area contributed by atoms with E-state index in [1.54, 1.807) is 19.1 Å². The number of esters is 1. The maximum Gasteiger partial charge on any atom is 0.341 e. The van der Waals surface area contributed by atoms with Crippen molar-refractivity contribution in [3.05, 3.63) is 69.7 Å². The molecule has 0 heterocycles. The highest BCUT2D eigenvalue weighted by Crippen LogP contribution is 2.16. The van der Waals surface area contributed by atoms with Crippen molar-refractivity contribution in [1.82, 2.24) is 4.90 Å². The second-order valence-electron chi connectivity index (χ2n) is 5.24. The largest absolute Gasteiger partial charge is 0.452 e. The van der Waals surface area contributed by atoms with Crippen LogP contribution in [0.3, 0.4) is 0 Å².